The molecule has 1 heterocycles. The van der Waals surface area contributed by atoms with Crippen molar-refractivity contribution in [2.24, 2.45) is 0 Å². The van der Waals surface area contributed by atoms with Gasteiger partial charge in [-0.25, -0.2) is 0 Å². The fourth-order valence-corrected chi connectivity index (χ4v) is 2.03. The number of rotatable bonds is 6. The van der Waals surface area contributed by atoms with Gasteiger partial charge in [-0.3, -0.25) is 9.59 Å². The molecular formula is C17H18O3. The molecule has 20 heavy (non-hydrogen) atoms. The lowest BCUT2D eigenvalue weighted by molar-refractivity contribution is -0.146. The summed E-state index contributed by atoms with van der Waals surface area (Å²) in [4.78, 5) is 22.8. The molecule has 104 valence electrons. The number of hydrogen-bond donors (Lipinski definition) is 0. The Hall–Kier alpha value is -2.16. The van der Waals surface area contributed by atoms with Crippen LogP contribution in [0.4, 0.5) is 0 Å². The highest BCUT2D eigenvalue weighted by atomic mass is 16.5. The van der Waals surface area contributed by atoms with Crippen LogP contribution in [-0.2, 0) is 20.7 Å². The van der Waals surface area contributed by atoms with Crippen LogP contribution in [0.1, 0.15) is 24.8 Å². The van der Waals surface area contributed by atoms with E-state index in [0.717, 1.165) is 6.42 Å². The average Bonchev–Trinajstić information content (AvgIpc) is 2.46. The normalized spacial score (nSPS) is 18.2. The molecule has 0 bridgehead atoms. The summed E-state index contributed by atoms with van der Waals surface area (Å²) in [5.41, 5.74) is 1.17. The Morgan fingerprint density at radius 2 is 2.10 bits per heavy atom. The molecule has 1 aromatic rings. The van der Waals surface area contributed by atoms with Gasteiger partial charge in [-0.2, -0.15) is 0 Å². The van der Waals surface area contributed by atoms with Gasteiger partial charge in [0.25, 0.3) is 0 Å². The predicted molar refractivity (Wildman–Crippen MR) is 77.2 cm³/mol. The minimum atomic E-state index is -0.227. The number of cyclic esters (lactones) is 1. The Kier molecular flexibility index (Phi) is 5.30. The van der Waals surface area contributed by atoms with Gasteiger partial charge in [0.15, 0.2) is 5.78 Å². The van der Waals surface area contributed by atoms with Crippen molar-refractivity contribution >= 4 is 11.8 Å². The first kappa shape index (κ1) is 14.3. The lowest BCUT2D eigenvalue weighted by Gasteiger charge is -2.15. The van der Waals surface area contributed by atoms with Crippen molar-refractivity contribution in [1.82, 2.24) is 0 Å². The number of carbonyl (C=O) groups is 2. The summed E-state index contributed by atoms with van der Waals surface area (Å²) in [7, 11) is 0. The maximum atomic E-state index is 11.7. The maximum absolute atomic E-state index is 11.7. The molecule has 1 unspecified atom stereocenters. The van der Waals surface area contributed by atoms with Gasteiger partial charge in [0.05, 0.1) is 6.42 Å². The Balaban J connectivity index is 1.71. The first-order valence-electron chi connectivity index (χ1n) is 6.83. The van der Waals surface area contributed by atoms with Crippen molar-refractivity contribution in [2.75, 3.05) is 0 Å². The van der Waals surface area contributed by atoms with Crippen molar-refractivity contribution in [1.29, 1.82) is 0 Å². The highest BCUT2D eigenvalue weighted by Crippen LogP contribution is 2.10. The van der Waals surface area contributed by atoms with Crippen LogP contribution in [0, 0.1) is 0 Å². The minimum Gasteiger partial charge on any atom is -0.458 e. The number of carbonyl (C=O) groups excluding carboxylic acids is 2. The number of aryl methyl sites for hydroxylation is 1. The summed E-state index contributed by atoms with van der Waals surface area (Å²) in [6.45, 7) is 0. The Morgan fingerprint density at radius 1 is 1.30 bits per heavy atom. The second kappa shape index (κ2) is 7.43. The van der Waals surface area contributed by atoms with Gasteiger partial charge in [0.2, 0.25) is 0 Å². The molecule has 0 saturated carbocycles. The first-order valence-corrected chi connectivity index (χ1v) is 6.83. The number of ether oxygens (including phenoxy) is 1. The number of esters is 1. The van der Waals surface area contributed by atoms with E-state index in [2.05, 4.69) is 0 Å². The van der Waals surface area contributed by atoms with Crippen LogP contribution in [0.25, 0.3) is 0 Å². The molecule has 0 saturated heterocycles. The number of hydrogen-bond acceptors (Lipinski definition) is 3. The van der Waals surface area contributed by atoms with E-state index < -0.39 is 0 Å². The summed E-state index contributed by atoms with van der Waals surface area (Å²) in [6.07, 6.45) is 8.95. The van der Waals surface area contributed by atoms with Crippen molar-refractivity contribution in [3.8, 4) is 0 Å². The zero-order valence-corrected chi connectivity index (χ0v) is 11.3. The molecule has 1 aliphatic heterocycles. The monoisotopic (exact) mass is 270 g/mol. The Labute approximate surface area is 118 Å². The zero-order valence-electron chi connectivity index (χ0n) is 11.3. The van der Waals surface area contributed by atoms with E-state index in [9.17, 15) is 9.59 Å². The van der Waals surface area contributed by atoms with E-state index in [1.54, 1.807) is 12.2 Å². The third-order valence-corrected chi connectivity index (χ3v) is 3.09. The molecule has 0 fully saturated rings. The van der Waals surface area contributed by atoms with Crippen molar-refractivity contribution in [2.45, 2.75) is 31.8 Å². The van der Waals surface area contributed by atoms with Crippen LogP contribution in [0.2, 0.25) is 0 Å². The summed E-state index contributed by atoms with van der Waals surface area (Å²) in [6, 6.07) is 9.94. The second-order valence-corrected chi connectivity index (χ2v) is 4.75. The van der Waals surface area contributed by atoms with Crippen LogP contribution >= 0.6 is 0 Å². The summed E-state index contributed by atoms with van der Waals surface area (Å²) in [5.74, 6) is -0.110. The first-order chi connectivity index (χ1) is 9.74. The molecule has 0 amide bonds. The van der Waals surface area contributed by atoms with Gasteiger partial charge in [0.1, 0.15) is 6.10 Å². The second-order valence-electron chi connectivity index (χ2n) is 4.75. The SMILES string of the molecule is O=C(/C=C/CC1C=CCC(=O)O1)CCc1ccccc1. The van der Waals surface area contributed by atoms with Crippen LogP contribution in [0.5, 0.6) is 0 Å². The molecule has 0 radical (unpaired) electrons. The number of benzene rings is 1. The van der Waals surface area contributed by atoms with E-state index >= 15 is 0 Å². The van der Waals surface area contributed by atoms with E-state index in [1.165, 1.54) is 5.56 Å². The quantitative estimate of drug-likeness (QED) is 0.453. The molecule has 0 aliphatic carbocycles. The molecule has 3 nitrogen and oxygen atoms in total. The Bertz CT molecular complexity index is 514. The van der Waals surface area contributed by atoms with E-state index in [-0.39, 0.29) is 17.9 Å². The van der Waals surface area contributed by atoms with Crippen molar-refractivity contribution in [3.63, 3.8) is 0 Å². The molecule has 1 atom stereocenters. The molecular weight excluding hydrogens is 252 g/mol. The Morgan fingerprint density at radius 3 is 2.85 bits per heavy atom. The third-order valence-electron chi connectivity index (χ3n) is 3.09. The average molecular weight is 270 g/mol. The summed E-state index contributed by atoms with van der Waals surface area (Å²) < 4.78 is 5.11. The molecule has 0 spiro atoms. The topological polar surface area (TPSA) is 43.4 Å². The van der Waals surface area contributed by atoms with Gasteiger partial charge in [-0.1, -0.05) is 42.5 Å². The smallest absolute Gasteiger partial charge is 0.310 e. The van der Waals surface area contributed by atoms with Crippen LogP contribution < -0.4 is 0 Å². The lowest BCUT2D eigenvalue weighted by atomic mass is 10.1. The highest BCUT2D eigenvalue weighted by Gasteiger charge is 2.13. The van der Waals surface area contributed by atoms with Gasteiger partial charge in [0, 0.05) is 12.8 Å². The van der Waals surface area contributed by atoms with Gasteiger partial charge < -0.3 is 4.74 Å². The minimum absolute atomic E-state index is 0.0972. The summed E-state index contributed by atoms with van der Waals surface area (Å²) >= 11 is 0. The fraction of sp³-hybridized carbons (Fsp3) is 0.294. The standard InChI is InChI=1S/C17H18O3/c18-15(13-12-14-6-2-1-3-7-14)8-4-9-16-10-5-11-17(19)20-16/h1-8,10,16H,9,11-13H2/b8-4+. The highest BCUT2D eigenvalue weighted by molar-refractivity contribution is 5.89. The van der Waals surface area contributed by atoms with E-state index in [0.29, 0.717) is 19.3 Å². The molecule has 0 N–H and O–H groups in total. The van der Waals surface area contributed by atoms with E-state index in [4.69, 9.17) is 4.74 Å². The van der Waals surface area contributed by atoms with Crippen LogP contribution in [0.15, 0.2) is 54.6 Å². The molecule has 3 heteroatoms. The van der Waals surface area contributed by atoms with Crippen molar-refractivity contribution in [3.05, 3.63) is 60.2 Å². The van der Waals surface area contributed by atoms with Gasteiger partial charge >= 0.3 is 5.97 Å². The van der Waals surface area contributed by atoms with Crippen molar-refractivity contribution < 1.29 is 14.3 Å². The predicted octanol–water partition coefficient (Wildman–Crippen LogP) is 3.01. The third kappa shape index (κ3) is 4.84. The van der Waals surface area contributed by atoms with E-state index in [1.807, 2.05) is 42.5 Å². The number of ketones is 1. The zero-order chi connectivity index (χ0) is 14.2. The van der Waals surface area contributed by atoms with Gasteiger partial charge in [-0.15, -0.1) is 0 Å². The molecule has 1 aliphatic rings. The molecule has 2 rings (SSSR count). The molecule has 1 aromatic carbocycles. The largest absolute Gasteiger partial charge is 0.458 e. The molecule has 0 aromatic heterocycles. The lowest BCUT2D eigenvalue weighted by Crippen LogP contribution is -2.18. The van der Waals surface area contributed by atoms with Crippen LogP contribution in [0.3, 0.4) is 0 Å². The summed E-state index contributed by atoms with van der Waals surface area (Å²) in [5, 5.41) is 0. The fourth-order valence-electron chi connectivity index (χ4n) is 2.03. The van der Waals surface area contributed by atoms with Crippen LogP contribution in [-0.4, -0.2) is 17.9 Å². The number of allylic oxidation sites excluding steroid dienone is 1. The maximum Gasteiger partial charge on any atom is 0.310 e. The van der Waals surface area contributed by atoms with Gasteiger partial charge in [-0.05, 0) is 24.1 Å².